The second-order valence-electron chi connectivity index (χ2n) is 5.52. The summed E-state index contributed by atoms with van der Waals surface area (Å²) in [5.41, 5.74) is 1.92. The number of hydrogen-bond acceptors (Lipinski definition) is 3. The van der Waals surface area contributed by atoms with Gasteiger partial charge in [-0.05, 0) is 0 Å². The van der Waals surface area contributed by atoms with E-state index < -0.39 is 0 Å². The fourth-order valence-electron chi connectivity index (χ4n) is 1.55. The summed E-state index contributed by atoms with van der Waals surface area (Å²) in [6, 6.07) is 0. The van der Waals surface area contributed by atoms with Crippen LogP contribution in [-0.4, -0.2) is 15.9 Å². The summed E-state index contributed by atoms with van der Waals surface area (Å²) in [5.74, 6) is 0.0476. The van der Waals surface area contributed by atoms with Crippen molar-refractivity contribution in [3.05, 3.63) is 23.8 Å². The standard InChI is InChI=1S/C13H21N3O/c1-9(2)12(17)15-7-10-6-14-8-16-11(10)13(3,4)5/h6,8-9H,7H2,1-5H3,(H,15,17). The normalized spacial score (nSPS) is 11.6. The van der Waals surface area contributed by atoms with Gasteiger partial charge in [0.05, 0.1) is 5.69 Å². The third-order valence-electron chi connectivity index (χ3n) is 2.48. The molecule has 0 saturated heterocycles. The summed E-state index contributed by atoms with van der Waals surface area (Å²) < 4.78 is 0. The van der Waals surface area contributed by atoms with Crippen LogP contribution in [0, 0.1) is 5.92 Å². The Hall–Kier alpha value is -1.45. The molecule has 4 heteroatoms. The van der Waals surface area contributed by atoms with Gasteiger partial charge in [-0.1, -0.05) is 34.6 Å². The van der Waals surface area contributed by atoms with Crippen LogP contribution in [0.1, 0.15) is 45.9 Å². The van der Waals surface area contributed by atoms with E-state index in [9.17, 15) is 4.79 Å². The van der Waals surface area contributed by atoms with Crippen molar-refractivity contribution < 1.29 is 4.79 Å². The Kier molecular flexibility index (Phi) is 4.21. The lowest BCUT2D eigenvalue weighted by Crippen LogP contribution is -2.29. The molecule has 4 nitrogen and oxygen atoms in total. The van der Waals surface area contributed by atoms with Crippen molar-refractivity contribution in [3.8, 4) is 0 Å². The third-order valence-corrected chi connectivity index (χ3v) is 2.48. The van der Waals surface area contributed by atoms with Crippen LogP contribution in [0.2, 0.25) is 0 Å². The van der Waals surface area contributed by atoms with Crippen LogP contribution in [0.5, 0.6) is 0 Å². The van der Waals surface area contributed by atoms with Crippen LogP contribution >= 0.6 is 0 Å². The predicted octanol–water partition coefficient (Wildman–Crippen LogP) is 2.05. The Morgan fingerprint density at radius 1 is 1.41 bits per heavy atom. The number of carbonyl (C=O) groups excluding carboxylic acids is 1. The molecule has 17 heavy (non-hydrogen) atoms. The van der Waals surface area contributed by atoms with Crippen molar-refractivity contribution in [1.29, 1.82) is 0 Å². The maximum Gasteiger partial charge on any atom is 0.222 e. The molecule has 0 aliphatic heterocycles. The SMILES string of the molecule is CC(C)C(=O)NCc1cncnc1C(C)(C)C. The molecule has 0 fully saturated rings. The van der Waals surface area contributed by atoms with Gasteiger partial charge in [-0.3, -0.25) is 4.79 Å². The van der Waals surface area contributed by atoms with E-state index in [4.69, 9.17) is 0 Å². The summed E-state index contributed by atoms with van der Waals surface area (Å²) in [4.78, 5) is 19.9. The second-order valence-corrected chi connectivity index (χ2v) is 5.52. The Bertz CT molecular complexity index is 394. The quantitative estimate of drug-likeness (QED) is 0.872. The van der Waals surface area contributed by atoms with Crippen molar-refractivity contribution in [2.75, 3.05) is 0 Å². The zero-order valence-corrected chi connectivity index (χ0v) is 11.2. The Morgan fingerprint density at radius 3 is 2.59 bits per heavy atom. The van der Waals surface area contributed by atoms with Gasteiger partial charge in [0.1, 0.15) is 6.33 Å². The van der Waals surface area contributed by atoms with Crippen molar-refractivity contribution in [1.82, 2.24) is 15.3 Å². The molecule has 0 bridgehead atoms. The predicted molar refractivity (Wildman–Crippen MR) is 67.4 cm³/mol. The maximum atomic E-state index is 11.5. The largest absolute Gasteiger partial charge is 0.352 e. The summed E-state index contributed by atoms with van der Waals surface area (Å²) in [5, 5.41) is 2.89. The van der Waals surface area contributed by atoms with Gasteiger partial charge in [0, 0.05) is 29.6 Å². The minimum Gasteiger partial charge on any atom is -0.352 e. The van der Waals surface area contributed by atoms with Crippen LogP contribution in [0.25, 0.3) is 0 Å². The summed E-state index contributed by atoms with van der Waals surface area (Å²) in [6.45, 7) is 10.5. The molecule has 0 saturated carbocycles. The molecule has 1 aromatic rings. The molecule has 0 aliphatic carbocycles. The highest BCUT2D eigenvalue weighted by atomic mass is 16.1. The lowest BCUT2D eigenvalue weighted by molar-refractivity contribution is -0.124. The molecule has 1 aromatic heterocycles. The number of amides is 1. The maximum absolute atomic E-state index is 11.5. The zero-order chi connectivity index (χ0) is 13.1. The Morgan fingerprint density at radius 2 is 2.06 bits per heavy atom. The van der Waals surface area contributed by atoms with Crippen LogP contribution in [-0.2, 0) is 16.8 Å². The first-order valence-electron chi connectivity index (χ1n) is 5.89. The van der Waals surface area contributed by atoms with Crippen LogP contribution < -0.4 is 5.32 Å². The minimum atomic E-state index is -0.0408. The summed E-state index contributed by atoms with van der Waals surface area (Å²) in [7, 11) is 0. The lowest BCUT2D eigenvalue weighted by Gasteiger charge is -2.21. The topological polar surface area (TPSA) is 54.9 Å². The molecule has 0 aromatic carbocycles. The Labute approximate surface area is 103 Å². The molecule has 0 aliphatic rings. The van der Waals surface area contributed by atoms with Gasteiger partial charge >= 0.3 is 0 Å². The van der Waals surface area contributed by atoms with E-state index in [0.29, 0.717) is 6.54 Å². The minimum absolute atomic E-state index is 0.00211. The molecule has 0 atom stereocenters. The van der Waals surface area contributed by atoms with Gasteiger partial charge in [-0.2, -0.15) is 0 Å². The van der Waals surface area contributed by atoms with Crippen molar-refractivity contribution in [2.24, 2.45) is 5.92 Å². The van der Waals surface area contributed by atoms with Crippen molar-refractivity contribution >= 4 is 5.91 Å². The summed E-state index contributed by atoms with van der Waals surface area (Å²) in [6.07, 6.45) is 3.32. The molecule has 0 spiro atoms. The van der Waals surface area contributed by atoms with Gasteiger partial charge in [0.25, 0.3) is 0 Å². The molecular formula is C13H21N3O. The van der Waals surface area contributed by atoms with E-state index in [1.165, 1.54) is 0 Å². The summed E-state index contributed by atoms with van der Waals surface area (Å²) >= 11 is 0. The van der Waals surface area contributed by atoms with Crippen molar-refractivity contribution in [2.45, 2.75) is 46.6 Å². The molecule has 1 amide bonds. The zero-order valence-electron chi connectivity index (χ0n) is 11.2. The lowest BCUT2D eigenvalue weighted by atomic mass is 9.89. The first-order chi connectivity index (χ1) is 7.82. The molecule has 94 valence electrons. The fraction of sp³-hybridized carbons (Fsp3) is 0.615. The Balaban J connectivity index is 2.82. The number of rotatable bonds is 3. The monoisotopic (exact) mass is 235 g/mol. The van der Waals surface area contributed by atoms with Gasteiger partial charge in [-0.15, -0.1) is 0 Å². The van der Waals surface area contributed by atoms with Crippen LogP contribution in [0.15, 0.2) is 12.5 Å². The van der Waals surface area contributed by atoms with Gasteiger partial charge in [-0.25, -0.2) is 9.97 Å². The van der Waals surface area contributed by atoms with Gasteiger partial charge < -0.3 is 5.32 Å². The molecule has 0 radical (unpaired) electrons. The van der Waals surface area contributed by atoms with Gasteiger partial charge in [0.15, 0.2) is 0 Å². The first kappa shape index (κ1) is 13.6. The second kappa shape index (κ2) is 5.25. The highest BCUT2D eigenvalue weighted by Crippen LogP contribution is 2.22. The number of carbonyl (C=O) groups is 1. The number of nitrogens with zero attached hydrogens (tertiary/aromatic N) is 2. The van der Waals surface area contributed by atoms with Crippen LogP contribution in [0.4, 0.5) is 0 Å². The van der Waals surface area contributed by atoms with E-state index >= 15 is 0 Å². The fourth-order valence-corrected chi connectivity index (χ4v) is 1.55. The highest BCUT2D eigenvalue weighted by Gasteiger charge is 2.20. The first-order valence-corrected chi connectivity index (χ1v) is 5.89. The van der Waals surface area contributed by atoms with Gasteiger partial charge in [0.2, 0.25) is 5.91 Å². The average Bonchev–Trinajstić information content (AvgIpc) is 2.24. The molecular weight excluding hydrogens is 214 g/mol. The highest BCUT2D eigenvalue weighted by molar-refractivity contribution is 5.77. The third kappa shape index (κ3) is 3.80. The van der Waals surface area contributed by atoms with E-state index in [1.807, 2.05) is 13.8 Å². The number of nitrogens with one attached hydrogen (secondary N) is 1. The smallest absolute Gasteiger partial charge is 0.222 e. The molecule has 1 heterocycles. The van der Waals surface area contributed by atoms with E-state index in [0.717, 1.165) is 11.3 Å². The van der Waals surface area contributed by atoms with Crippen LogP contribution in [0.3, 0.4) is 0 Å². The van der Waals surface area contributed by atoms with E-state index in [-0.39, 0.29) is 17.2 Å². The molecule has 1 N–H and O–H groups in total. The average molecular weight is 235 g/mol. The molecule has 1 rings (SSSR count). The van der Waals surface area contributed by atoms with Crippen molar-refractivity contribution in [3.63, 3.8) is 0 Å². The number of aromatic nitrogens is 2. The number of hydrogen-bond donors (Lipinski definition) is 1. The van der Waals surface area contributed by atoms with E-state index in [1.54, 1.807) is 12.5 Å². The molecule has 0 unspecified atom stereocenters. The van der Waals surface area contributed by atoms with E-state index in [2.05, 4.69) is 36.1 Å².